The van der Waals surface area contributed by atoms with Crippen LogP contribution in [-0.2, 0) is 12.1 Å². The van der Waals surface area contributed by atoms with Crippen LogP contribution in [0.25, 0.3) is 0 Å². The number of aliphatic hydroxyl groups is 1. The molecule has 6 nitrogen and oxygen atoms in total. The monoisotopic (exact) mass is 505 g/mol. The van der Waals surface area contributed by atoms with E-state index >= 15 is 0 Å². The van der Waals surface area contributed by atoms with E-state index in [-0.39, 0.29) is 24.0 Å². The van der Waals surface area contributed by atoms with Crippen molar-refractivity contribution in [3.63, 3.8) is 0 Å². The molecule has 0 bridgehead atoms. The summed E-state index contributed by atoms with van der Waals surface area (Å²) in [5.74, 6) is 2.02. The molecule has 1 unspecified atom stereocenters. The van der Waals surface area contributed by atoms with Gasteiger partial charge in [0.25, 0.3) is 0 Å². The second-order valence-electron chi connectivity index (χ2n) is 5.99. The van der Waals surface area contributed by atoms with Gasteiger partial charge >= 0.3 is 0 Å². The normalized spacial score (nSPS) is 13.3. The van der Waals surface area contributed by atoms with Crippen molar-refractivity contribution in [1.82, 2.24) is 10.6 Å². The number of methoxy groups -OCH3 is 2. The molecule has 0 aliphatic carbocycles. The summed E-state index contributed by atoms with van der Waals surface area (Å²) >= 11 is 1.54. The first-order valence-corrected chi connectivity index (χ1v) is 9.37. The molecular weight excluding hydrogens is 477 g/mol. The van der Waals surface area contributed by atoms with Crippen molar-refractivity contribution in [2.24, 2.45) is 4.99 Å². The highest BCUT2D eigenvalue weighted by atomic mass is 127. The lowest BCUT2D eigenvalue weighted by molar-refractivity contribution is 0.0655. The molecule has 0 spiro atoms. The lowest BCUT2D eigenvalue weighted by Gasteiger charge is -2.23. The lowest BCUT2D eigenvalue weighted by atomic mass is 10.1. The molecule has 1 aromatic carbocycles. The maximum absolute atomic E-state index is 10.6. The number of hydrogen-bond donors (Lipinski definition) is 3. The first kappa shape index (κ1) is 23.5. The van der Waals surface area contributed by atoms with E-state index in [4.69, 9.17) is 9.47 Å². The molecule has 0 radical (unpaired) electrons. The molecule has 3 N–H and O–H groups in total. The van der Waals surface area contributed by atoms with Gasteiger partial charge in [0.1, 0.15) is 5.60 Å². The SMILES string of the molecule is CCNC(=NCc1ccc(OC)c(OC)c1)NCC(C)(O)c1cccs1.I. The molecule has 2 aromatic rings. The summed E-state index contributed by atoms with van der Waals surface area (Å²) in [5, 5.41) is 19.0. The number of guanidine groups is 1. The molecule has 8 heteroatoms. The van der Waals surface area contributed by atoms with E-state index in [1.807, 2.05) is 42.6 Å². The zero-order chi connectivity index (χ0) is 19.0. The molecule has 2 rings (SSSR count). The third kappa shape index (κ3) is 6.86. The Bertz CT molecular complexity index is 721. The number of nitrogens with zero attached hydrogens (tertiary/aromatic N) is 1. The van der Waals surface area contributed by atoms with Gasteiger partial charge in [0.15, 0.2) is 17.5 Å². The van der Waals surface area contributed by atoms with Crippen LogP contribution in [-0.4, -0.2) is 38.4 Å². The Balaban J connectivity index is 0.00000364. The molecule has 0 amide bonds. The third-order valence-electron chi connectivity index (χ3n) is 3.86. The van der Waals surface area contributed by atoms with E-state index in [1.54, 1.807) is 21.1 Å². The fourth-order valence-electron chi connectivity index (χ4n) is 2.42. The highest BCUT2D eigenvalue weighted by Crippen LogP contribution is 2.28. The maximum atomic E-state index is 10.6. The second-order valence-corrected chi connectivity index (χ2v) is 6.94. The highest BCUT2D eigenvalue weighted by molar-refractivity contribution is 14.0. The van der Waals surface area contributed by atoms with Crippen LogP contribution in [0.2, 0.25) is 0 Å². The average Bonchev–Trinajstić information content (AvgIpc) is 3.19. The molecule has 1 atom stereocenters. The van der Waals surface area contributed by atoms with Crippen LogP contribution in [0, 0.1) is 0 Å². The fraction of sp³-hybridized carbons (Fsp3) is 0.421. The fourth-order valence-corrected chi connectivity index (χ4v) is 3.21. The van der Waals surface area contributed by atoms with Crippen molar-refractivity contribution in [3.8, 4) is 11.5 Å². The second kappa shape index (κ2) is 11.4. The van der Waals surface area contributed by atoms with Crippen molar-refractivity contribution in [1.29, 1.82) is 0 Å². The Hall–Kier alpha value is -1.52. The Morgan fingerprint density at radius 1 is 1.19 bits per heavy atom. The third-order valence-corrected chi connectivity index (χ3v) is 4.99. The number of nitrogens with one attached hydrogen (secondary N) is 2. The van der Waals surface area contributed by atoms with E-state index in [0.717, 1.165) is 17.0 Å². The molecule has 1 heterocycles. The molecule has 0 aliphatic rings. The van der Waals surface area contributed by atoms with Gasteiger partial charge in [0.05, 0.1) is 27.3 Å². The van der Waals surface area contributed by atoms with Crippen LogP contribution in [0.3, 0.4) is 0 Å². The van der Waals surface area contributed by atoms with Gasteiger partial charge in [0, 0.05) is 11.4 Å². The number of rotatable bonds is 8. The van der Waals surface area contributed by atoms with Gasteiger partial charge < -0.3 is 25.2 Å². The molecule has 0 fully saturated rings. The summed E-state index contributed by atoms with van der Waals surface area (Å²) in [5.41, 5.74) is 0.0538. The van der Waals surface area contributed by atoms with Crippen LogP contribution in [0.15, 0.2) is 40.7 Å². The zero-order valence-electron chi connectivity index (χ0n) is 16.1. The van der Waals surface area contributed by atoms with Crippen LogP contribution in [0.5, 0.6) is 11.5 Å². The van der Waals surface area contributed by atoms with Gasteiger partial charge in [0.2, 0.25) is 0 Å². The van der Waals surface area contributed by atoms with Gasteiger partial charge in [-0.05, 0) is 43.0 Å². The van der Waals surface area contributed by atoms with Crippen molar-refractivity contribution in [2.75, 3.05) is 27.3 Å². The number of benzene rings is 1. The molecular formula is C19H28IN3O3S. The topological polar surface area (TPSA) is 75.1 Å². The van der Waals surface area contributed by atoms with Crippen molar-refractivity contribution < 1.29 is 14.6 Å². The van der Waals surface area contributed by atoms with E-state index < -0.39 is 5.60 Å². The number of thiophene rings is 1. The summed E-state index contributed by atoms with van der Waals surface area (Å²) in [6.45, 7) is 5.38. The highest BCUT2D eigenvalue weighted by Gasteiger charge is 2.24. The van der Waals surface area contributed by atoms with E-state index in [2.05, 4.69) is 15.6 Å². The van der Waals surface area contributed by atoms with Crippen LogP contribution in [0.4, 0.5) is 0 Å². The largest absolute Gasteiger partial charge is 0.493 e. The number of ether oxygens (including phenoxy) is 2. The Morgan fingerprint density at radius 2 is 1.93 bits per heavy atom. The minimum absolute atomic E-state index is 0. The Kier molecular flexibility index (Phi) is 9.89. The molecule has 0 aliphatic heterocycles. The molecule has 150 valence electrons. The first-order chi connectivity index (χ1) is 12.5. The summed E-state index contributed by atoms with van der Waals surface area (Å²) in [7, 11) is 3.23. The van der Waals surface area contributed by atoms with Gasteiger partial charge in [-0.1, -0.05) is 12.1 Å². The van der Waals surface area contributed by atoms with Crippen molar-refractivity contribution in [3.05, 3.63) is 46.2 Å². The number of aliphatic imine (C=N–C) groups is 1. The van der Waals surface area contributed by atoms with E-state index in [9.17, 15) is 5.11 Å². The van der Waals surface area contributed by atoms with Crippen molar-refractivity contribution >= 4 is 41.3 Å². The Labute approximate surface area is 182 Å². The number of halogens is 1. The maximum Gasteiger partial charge on any atom is 0.191 e. The molecule has 1 aromatic heterocycles. The standard InChI is InChI=1S/C19H27N3O3S.HI/c1-5-20-18(22-13-19(2,23)17-7-6-10-26-17)21-12-14-8-9-15(24-3)16(11-14)25-4;/h6-11,23H,5,12-13H2,1-4H3,(H2,20,21,22);1H. The van der Waals surface area contributed by atoms with Gasteiger partial charge in [-0.2, -0.15) is 0 Å². The Morgan fingerprint density at radius 3 is 2.52 bits per heavy atom. The van der Waals surface area contributed by atoms with Crippen LogP contribution >= 0.6 is 35.3 Å². The lowest BCUT2D eigenvalue weighted by Crippen LogP contribution is -2.44. The van der Waals surface area contributed by atoms with Crippen LogP contribution < -0.4 is 20.1 Å². The first-order valence-electron chi connectivity index (χ1n) is 8.49. The molecule has 0 saturated carbocycles. The number of hydrogen-bond acceptors (Lipinski definition) is 5. The quantitative estimate of drug-likeness (QED) is 0.292. The van der Waals surface area contributed by atoms with Crippen molar-refractivity contribution in [2.45, 2.75) is 26.0 Å². The predicted octanol–water partition coefficient (Wildman–Crippen LogP) is 3.35. The smallest absolute Gasteiger partial charge is 0.191 e. The van der Waals surface area contributed by atoms with Crippen LogP contribution in [0.1, 0.15) is 24.3 Å². The minimum atomic E-state index is -0.951. The summed E-state index contributed by atoms with van der Waals surface area (Å²) in [4.78, 5) is 5.51. The summed E-state index contributed by atoms with van der Waals surface area (Å²) in [6, 6.07) is 9.60. The van der Waals surface area contributed by atoms with Gasteiger partial charge in [-0.25, -0.2) is 4.99 Å². The predicted molar refractivity (Wildman–Crippen MR) is 122 cm³/mol. The molecule has 0 saturated heterocycles. The van der Waals surface area contributed by atoms with E-state index in [0.29, 0.717) is 30.5 Å². The average molecular weight is 505 g/mol. The van der Waals surface area contributed by atoms with Gasteiger partial charge in [-0.15, -0.1) is 35.3 Å². The summed E-state index contributed by atoms with van der Waals surface area (Å²) < 4.78 is 10.6. The molecule has 27 heavy (non-hydrogen) atoms. The summed E-state index contributed by atoms with van der Waals surface area (Å²) in [6.07, 6.45) is 0. The van der Waals surface area contributed by atoms with Gasteiger partial charge in [-0.3, -0.25) is 0 Å². The minimum Gasteiger partial charge on any atom is -0.493 e. The van der Waals surface area contributed by atoms with E-state index in [1.165, 1.54) is 11.3 Å². The zero-order valence-corrected chi connectivity index (χ0v) is 19.3.